The van der Waals surface area contributed by atoms with Gasteiger partial charge in [-0.05, 0) is 38.0 Å². The van der Waals surface area contributed by atoms with Gasteiger partial charge in [0.15, 0.2) is 0 Å². The van der Waals surface area contributed by atoms with Gasteiger partial charge < -0.3 is 10.1 Å². The maximum atomic E-state index is 12.2. The van der Waals surface area contributed by atoms with E-state index in [4.69, 9.17) is 15.4 Å². The molecule has 0 aliphatic carbocycles. The largest absolute Gasteiger partial charge is 0.378 e. The Morgan fingerprint density at radius 2 is 2.00 bits per heavy atom. The van der Waals surface area contributed by atoms with E-state index >= 15 is 0 Å². The standard InChI is InChI=1S/C14H18ClNO4S/c1-9(16-14(17)13-7-8-20-10(13)2)11-3-5-12(6-4-11)21(15,18)19/h3-6,9-10,13H,7-8H2,1-2H3,(H,16,17). The Morgan fingerprint density at radius 1 is 1.38 bits per heavy atom. The average Bonchev–Trinajstić information content (AvgIpc) is 2.84. The van der Waals surface area contributed by atoms with Crippen molar-refractivity contribution in [3.05, 3.63) is 29.8 Å². The maximum Gasteiger partial charge on any atom is 0.261 e. The molecule has 1 aliphatic heterocycles. The first-order valence-electron chi connectivity index (χ1n) is 6.75. The molecule has 21 heavy (non-hydrogen) atoms. The molecule has 1 amide bonds. The van der Waals surface area contributed by atoms with Crippen LogP contribution in [0.15, 0.2) is 29.2 Å². The number of nitrogens with one attached hydrogen (secondary N) is 1. The number of benzene rings is 1. The number of carbonyl (C=O) groups excluding carboxylic acids is 1. The van der Waals surface area contributed by atoms with Gasteiger partial charge in [0.05, 0.1) is 23.0 Å². The number of hydrogen-bond donors (Lipinski definition) is 1. The Bertz CT molecular complexity index is 614. The first-order chi connectivity index (χ1) is 9.79. The van der Waals surface area contributed by atoms with E-state index in [2.05, 4.69) is 5.32 Å². The highest BCUT2D eigenvalue weighted by Crippen LogP contribution is 2.23. The Hall–Kier alpha value is -1.11. The topological polar surface area (TPSA) is 72.5 Å². The molecule has 1 heterocycles. The van der Waals surface area contributed by atoms with E-state index in [9.17, 15) is 13.2 Å². The zero-order valence-corrected chi connectivity index (χ0v) is 13.4. The lowest BCUT2D eigenvalue weighted by Crippen LogP contribution is -2.35. The second-order valence-electron chi connectivity index (χ2n) is 5.21. The minimum Gasteiger partial charge on any atom is -0.378 e. The number of ether oxygens (including phenoxy) is 1. The lowest BCUT2D eigenvalue weighted by atomic mass is 10.0. The molecule has 1 N–H and O–H groups in total. The van der Waals surface area contributed by atoms with Crippen molar-refractivity contribution in [1.82, 2.24) is 5.32 Å². The zero-order chi connectivity index (χ0) is 15.6. The van der Waals surface area contributed by atoms with Gasteiger partial charge in [-0.25, -0.2) is 8.42 Å². The summed E-state index contributed by atoms with van der Waals surface area (Å²) in [6.45, 7) is 4.35. The Kier molecular flexibility index (Phi) is 4.91. The lowest BCUT2D eigenvalue weighted by Gasteiger charge is -2.19. The van der Waals surface area contributed by atoms with E-state index < -0.39 is 9.05 Å². The molecule has 3 atom stereocenters. The number of hydrogen-bond acceptors (Lipinski definition) is 4. The van der Waals surface area contributed by atoms with E-state index in [-0.39, 0.29) is 28.9 Å². The van der Waals surface area contributed by atoms with Gasteiger partial charge in [-0.2, -0.15) is 0 Å². The summed E-state index contributed by atoms with van der Waals surface area (Å²) in [4.78, 5) is 12.2. The van der Waals surface area contributed by atoms with Crippen LogP contribution in [0.1, 0.15) is 31.9 Å². The van der Waals surface area contributed by atoms with Gasteiger partial charge in [0.1, 0.15) is 0 Å². The molecule has 3 unspecified atom stereocenters. The molecular weight excluding hydrogens is 314 g/mol. The molecule has 116 valence electrons. The van der Waals surface area contributed by atoms with Gasteiger partial charge in [-0.15, -0.1) is 0 Å². The highest BCUT2D eigenvalue weighted by Gasteiger charge is 2.31. The summed E-state index contributed by atoms with van der Waals surface area (Å²) < 4.78 is 27.8. The first-order valence-corrected chi connectivity index (χ1v) is 9.06. The summed E-state index contributed by atoms with van der Waals surface area (Å²) in [6, 6.07) is 5.95. The van der Waals surface area contributed by atoms with Crippen LogP contribution >= 0.6 is 10.7 Å². The highest BCUT2D eigenvalue weighted by atomic mass is 35.7. The van der Waals surface area contributed by atoms with Crippen molar-refractivity contribution in [3.63, 3.8) is 0 Å². The van der Waals surface area contributed by atoms with E-state index in [1.807, 2.05) is 13.8 Å². The van der Waals surface area contributed by atoms with Crippen LogP contribution in [-0.2, 0) is 18.6 Å². The van der Waals surface area contributed by atoms with Crippen LogP contribution in [-0.4, -0.2) is 27.0 Å². The van der Waals surface area contributed by atoms with Crippen LogP contribution in [0.5, 0.6) is 0 Å². The molecule has 2 rings (SSSR count). The summed E-state index contributed by atoms with van der Waals surface area (Å²) in [6.07, 6.45) is 0.657. The first kappa shape index (κ1) is 16.3. The van der Waals surface area contributed by atoms with Crippen LogP contribution in [0, 0.1) is 5.92 Å². The molecule has 1 saturated heterocycles. The van der Waals surface area contributed by atoms with Crippen molar-refractivity contribution in [2.45, 2.75) is 37.3 Å². The summed E-state index contributed by atoms with van der Waals surface area (Å²) in [7, 11) is 1.55. The molecule has 0 saturated carbocycles. The lowest BCUT2D eigenvalue weighted by molar-refractivity contribution is -0.127. The molecule has 1 aromatic rings. The van der Waals surface area contributed by atoms with Crippen molar-refractivity contribution in [2.75, 3.05) is 6.61 Å². The molecule has 1 fully saturated rings. The normalized spacial score (nSPS) is 23.8. The van der Waals surface area contributed by atoms with Crippen molar-refractivity contribution in [2.24, 2.45) is 5.92 Å². The number of halogens is 1. The number of amides is 1. The van der Waals surface area contributed by atoms with Gasteiger partial charge in [0, 0.05) is 17.3 Å². The van der Waals surface area contributed by atoms with Gasteiger partial charge in [-0.3, -0.25) is 4.79 Å². The van der Waals surface area contributed by atoms with E-state index in [0.29, 0.717) is 6.61 Å². The summed E-state index contributed by atoms with van der Waals surface area (Å²) in [5.74, 6) is -0.170. The molecular formula is C14H18ClNO4S. The molecule has 0 spiro atoms. The van der Waals surface area contributed by atoms with E-state index in [0.717, 1.165) is 12.0 Å². The van der Waals surface area contributed by atoms with Crippen LogP contribution in [0.3, 0.4) is 0 Å². The van der Waals surface area contributed by atoms with Gasteiger partial charge in [-0.1, -0.05) is 12.1 Å². The monoisotopic (exact) mass is 331 g/mol. The predicted molar refractivity (Wildman–Crippen MR) is 79.6 cm³/mol. The van der Waals surface area contributed by atoms with Crippen molar-refractivity contribution in [1.29, 1.82) is 0 Å². The van der Waals surface area contributed by atoms with E-state index in [1.54, 1.807) is 12.1 Å². The highest BCUT2D eigenvalue weighted by molar-refractivity contribution is 8.13. The van der Waals surface area contributed by atoms with Gasteiger partial charge >= 0.3 is 0 Å². The van der Waals surface area contributed by atoms with Crippen molar-refractivity contribution >= 4 is 25.6 Å². The second kappa shape index (κ2) is 6.34. The third kappa shape index (κ3) is 3.96. The fourth-order valence-corrected chi connectivity index (χ4v) is 3.17. The molecule has 1 aromatic carbocycles. The Labute approximate surface area is 129 Å². The summed E-state index contributed by atoms with van der Waals surface area (Å²) >= 11 is 0. The van der Waals surface area contributed by atoms with Gasteiger partial charge in [0.25, 0.3) is 9.05 Å². The quantitative estimate of drug-likeness (QED) is 0.859. The van der Waals surface area contributed by atoms with Crippen molar-refractivity contribution < 1.29 is 17.9 Å². The summed E-state index contributed by atoms with van der Waals surface area (Å²) in [5, 5.41) is 2.93. The minimum absolute atomic E-state index is 0.0402. The third-order valence-corrected chi connectivity index (χ3v) is 5.10. The second-order valence-corrected chi connectivity index (χ2v) is 7.77. The molecule has 0 bridgehead atoms. The zero-order valence-electron chi connectivity index (χ0n) is 11.9. The third-order valence-electron chi connectivity index (χ3n) is 3.73. The smallest absolute Gasteiger partial charge is 0.261 e. The van der Waals surface area contributed by atoms with Crippen LogP contribution < -0.4 is 5.32 Å². The number of rotatable bonds is 4. The molecule has 1 aliphatic rings. The fraction of sp³-hybridized carbons (Fsp3) is 0.500. The minimum atomic E-state index is -3.72. The van der Waals surface area contributed by atoms with Gasteiger partial charge in [0.2, 0.25) is 5.91 Å². The molecule has 0 aromatic heterocycles. The Balaban J connectivity index is 2.03. The number of carbonyl (C=O) groups is 1. The predicted octanol–water partition coefficient (Wildman–Crippen LogP) is 2.22. The summed E-state index contributed by atoms with van der Waals surface area (Å²) in [5.41, 5.74) is 0.819. The van der Waals surface area contributed by atoms with Crippen molar-refractivity contribution in [3.8, 4) is 0 Å². The van der Waals surface area contributed by atoms with E-state index in [1.165, 1.54) is 12.1 Å². The maximum absolute atomic E-state index is 12.2. The molecule has 7 heteroatoms. The molecule has 0 radical (unpaired) electrons. The fourth-order valence-electron chi connectivity index (χ4n) is 2.40. The van der Waals surface area contributed by atoms with Crippen LogP contribution in [0.25, 0.3) is 0 Å². The Morgan fingerprint density at radius 3 is 2.48 bits per heavy atom. The average molecular weight is 332 g/mol. The SMILES string of the molecule is CC(NC(=O)C1CCOC1C)c1ccc(S(=O)(=O)Cl)cc1. The van der Waals surface area contributed by atoms with Crippen LogP contribution in [0.2, 0.25) is 0 Å². The van der Waals surface area contributed by atoms with Crippen LogP contribution in [0.4, 0.5) is 0 Å². The molecule has 5 nitrogen and oxygen atoms in total.